The molecule has 0 bridgehead atoms. The van der Waals surface area contributed by atoms with Crippen molar-refractivity contribution in [2.24, 2.45) is 0 Å². The molecule has 1 radical (unpaired) electrons. The van der Waals surface area contributed by atoms with Gasteiger partial charge in [0.15, 0.2) is 5.75 Å². The van der Waals surface area contributed by atoms with E-state index in [0.29, 0.717) is 5.56 Å². The van der Waals surface area contributed by atoms with E-state index in [4.69, 9.17) is 9.84 Å². The smallest absolute Gasteiger partial charge is 0.310 e. The molecule has 1 rings (SSSR count). The van der Waals surface area contributed by atoms with Gasteiger partial charge in [-0.05, 0) is 18.6 Å². The summed E-state index contributed by atoms with van der Waals surface area (Å²) in [5, 5.41) is 19.5. The second-order valence-electron chi connectivity index (χ2n) is 3.07. The maximum Gasteiger partial charge on any atom is 0.310 e. The average Bonchev–Trinajstić information content (AvgIpc) is 2.26. The molecule has 5 nitrogen and oxygen atoms in total. The first-order chi connectivity index (χ1) is 7.10. The molecule has 0 aliphatic carbocycles. The normalized spacial score (nSPS) is 12.2. The number of rotatable bonds is 4. The first-order valence-electron chi connectivity index (χ1n) is 4.36. The summed E-state index contributed by atoms with van der Waals surface area (Å²) in [6.45, 7) is 3.59. The molecule has 0 spiro atoms. The lowest BCUT2D eigenvalue weighted by Gasteiger charge is -2.09. The highest BCUT2D eigenvalue weighted by Gasteiger charge is 2.16. The number of hydrogen-bond acceptors (Lipinski definition) is 4. The van der Waals surface area contributed by atoms with Crippen molar-refractivity contribution in [1.29, 1.82) is 0 Å². The zero-order valence-corrected chi connectivity index (χ0v) is 8.34. The van der Waals surface area contributed by atoms with E-state index < -0.39 is 4.92 Å². The van der Waals surface area contributed by atoms with Crippen molar-refractivity contribution in [2.45, 2.75) is 5.92 Å². The standard InChI is InChI=1S/C10H12NO4/c1-7(6-12)8-3-4-9(11(13)14)10(5-8)15-2/h3-5,7,12H,1,6H2,2H3. The number of benzene rings is 1. The zero-order chi connectivity index (χ0) is 11.4. The molecular weight excluding hydrogens is 198 g/mol. The number of hydrogen-bond donors (Lipinski definition) is 1. The summed E-state index contributed by atoms with van der Waals surface area (Å²) < 4.78 is 4.89. The summed E-state index contributed by atoms with van der Waals surface area (Å²) in [4.78, 5) is 10.1. The second kappa shape index (κ2) is 4.75. The SMILES string of the molecule is [CH2]C(CO)c1ccc([N+](=O)[O-])c(OC)c1. The molecule has 81 valence electrons. The van der Waals surface area contributed by atoms with Crippen LogP contribution >= 0.6 is 0 Å². The minimum atomic E-state index is -0.514. The number of nitro benzene ring substituents is 1. The third kappa shape index (κ3) is 2.44. The largest absolute Gasteiger partial charge is 0.490 e. The van der Waals surface area contributed by atoms with E-state index in [2.05, 4.69) is 6.92 Å². The molecule has 1 N–H and O–H groups in total. The fourth-order valence-corrected chi connectivity index (χ4v) is 1.20. The molecule has 1 atom stereocenters. The molecular formula is C10H12NO4. The molecule has 0 saturated heterocycles. The van der Waals surface area contributed by atoms with Crippen molar-refractivity contribution < 1.29 is 14.8 Å². The summed E-state index contributed by atoms with van der Waals surface area (Å²) in [7, 11) is 1.36. The van der Waals surface area contributed by atoms with Gasteiger partial charge in [0.25, 0.3) is 0 Å². The molecule has 0 heterocycles. The third-order valence-corrected chi connectivity index (χ3v) is 2.09. The van der Waals surface area contributed by atoms with Gasteiger partial charge in [-0.1, -0.05) is 6.07 Å². The van der Waals surface area contributed by atoms with Crippen LogP contribution in [0.5, 0.6) is 5.75 Å². The fourth-order valence-electron chi connectivity index (χ4n) is 1.20. The molecule has 0 aliphatic rings. The van der Waals surface area contributed by atoms with E-state index in [1.165, 1.54) is 19.2 Å². The molecule has 1 aromatic carbocycles. The summed E-state index contributed by atoms with van der Waals surface area (Å²) in [5.41, 5.74) is 0.617. The van der Waals surface area contributed by atoms with Crippen LogP contribution in [0.2, 0.25) is 0 Å². The van der Waals surface area contributed by atoms with Crippen molar-refractivity contribution in [2.75, 3.05) is 13.7 Å². The van der Waals surface area contributed by atoms with E-state index in [1.54, 1.807) is 6.07 Å². The molecule has 0 aliphatic heterocycles. The van der Waals surface area contributed by atoms with Gasteiger partial charge >= 0.3 is 5.69 Å². The van der Waals surface area contributed by atoms with Gasteiger partial charge in [0, 0.05) is 18.6 Å². The van der Waals surface area contributed by atoms with Gasteiger partial charge < -0.3 is 9.84 Å². The van der Waals surface area contributed by atoms with E-state index in [9.17, 15) is 10.1 Å². The minimum absolute atomic E-state index is 0.0913. The highest BCUT2D eigenvalue weighted by molar-refractivity contribution is 5.49. The summed E-state index contributed by atoms with van der Waals surface area (Å²) in [6.07, 6.45) is 0. The average molecular weight is 210 g/mol. The number of aliphatic hydroxyl groups is 1. The number of nitrogens with zero attached hydrogens (tertiary/aromatic N) is 1. The monoisotopic (exact) mass is 210 g/mol. The Balaban J connectivity index is 3.13. The van der Waals surface area contributed by atoms with Crippen LogP contribution < -0.4 is 4.74 Å². The highest BCUT2D eigenvalue weighted by atomic mass is 16.6. The number of methoxy groups -OCH3 is 1. The number of nitro groups is 1. The first kappa shape index (κ1) is 11.5. The topological polar surface area (TPSA) is 72.6 Å². The van der Waals surface area contributed by atoms with Gasteiger partial charge in [-0.15, -0.1) is 0 Å². The van der Waals surface area contributed by atoms with E-state index in [1.807, 2.05) is 0 Å². The van der Waals surface area contributed by atoms with Crippen LogP contribution in [0.1, 0.15) is 11.5 Å². The predicted octanol–water partition coefficient (Wildman–Crippen LogP) is 1.51. The van der Waals surface area contributed by atoms with Gasteiger partial charge in [0.1, 0.15) is 0 Å². The quantitative estimate of drug-likeness (QED) is 0.604. The van der Waals surface area contributed by atoms with Gasteiger partial charge in [-0.25, -0.2) is 0 Å². The molecule has 15 heavy (non-hydrogen) atoms. The Labute approximate surface area is 87.5 Å². The maximum atomic E-state index is 10.6. The first-order valence-corrected chi connectivity index (χ1v) is 4.36. The lowest BCUT2D eigenvalue weighted by molar-refractivity contribution is -0.385. The molecule has 0 aromatic heterocycles. The van der Waals surface area contributed by atoms with Crippen molar-refractivity contribution in [1.82, 2.24) is 0 Å². The zero-order valence-electron chi connectivity index (χ0n) is 8.34. The lowest BCUT2D eigenvalue weighted by Crippen LogP contribution is -2.01. The van der Waals surface area contributed by atoms with Crippen LogP contribution in [0, 0.1) is 17.0 Å². The van der Waals surface area contributed by atoms with Gasteiger partial charge in [-0.2, -0.15) is 0 Å². The van der Waals surface area contributed by atoms with Crippen LogP contribution in [-0.4, -0.2) is 23.7 Å². The maximum absolute atomic E-state index is 10.6. The van der Waals surface area contributed by atoms with Gasteiger partial charge in [0.2, 0.25) is 0 Å². The van der Waals surface area contributed by atoms with E-state index in [-0.39, 0.29) is 24.0 Å². The van der Waals surface area contributed by atoms with Crippen LogP contribution in [0.25, 0.3) is 0 Å². The highest BCUT2D eigenvalue weighted by Crippen LogP contribution is 2.30. The molecule has 0 amide bonds. The lowest BCUT2D eigenvalue weighted by atomic mass is 10.0. The second-order valence-corrected chi connectivity index (χ2v) is 3.07. The van der Waals surface area contributed by atoms with Crippen molar-refractivity contribution in [3.8, 4) is 5.75 Å². The Kier molecular flexibility index (Phi) is 3.62. The number of aliphatic hydroxyl groups excluding tert-OH is 1. The van der Waals surface area contributed by atoms with Crippen LogP contribution in [-0.2, 0) is 0 Å². The Bertz CT molecular complexity index is 364. The minimum Gasteiger partial charge on any atom is -0.490 e. The molecule has 0 fully saturated rings. The summed E-state index contributed by atoms with van der Waals surface area (Å²) >= 11 is 0. The fraction of sp³-hybridized carbons (Fsp3) is 0.300. The Morgan fingerprint density at radius 1 is 1.67 bits per heavy atom. The summed E-state index contributed by atoms with van der Waals surface area (Å²) in [5.74, 6) is -0.126. The third-order valence-electron chi connectivity index (χ3n) is 2.09. The van der Waals surface area contributed by atoms with Crippen molar-refractivity contribution in [3.05, 3.63) is 40.8 Å². The number of ether oxygens (including phenoxy) is 1. The Morgan fingerprint density at radius 3 is 2.80 bits per heavy atom. The molecule has 5 heteroatoms. The Hall–Kier alpha value is -1.62. The van der Waals surface area contributed by atoms with E-state index >= 15 is 0 Å². The molecule has 0 saturated carbocycles. The van der Waals surface area contributed by atoms with Crippen LogP contribution in [0.4, 0.5) is 5.69 Å². The molecule has 1 aromatic rings. The van der Waals surface area contributed by atoms with Crippen LogP contribution in [0.3, 0.4) is 0 Å². The van der Waals surface area contributed by atoms with Gasteiger partial charge in [-0.3, -0.25) is 10.1 Å². The predicted molar refractivity (Wildman–Crippen MR) is 54.8 cm³/mol. The Morgan fingerprint density at radius 2 is 2.33 bits per heavy atom. The van der Waals surface area contributed by atoms with E-state index in [0.717, 1.165) is 0 Å². The van der Waals surface area contributed by atoms with Crippen molar-refractivity contribution in [3.63, 3.8) is 0 Å². The summed E-state index contributed by atoms with van der Waals surface area (Å²) in [6, 6.07) is 4.43. The molecule has 1 unspecified atom stereocenters. The van der Waals surface area contributed by atoms with Crippen LogP contribution in [0.15, 0.2) is 18.2 Å². The van der Waals surface area contributed by atoms with Gasteiger partial charge in [0.05, 0.1) is 12.0 Å². The van der Waals surface area contributed by atoms with Crippen molar-refractivity contribution >= 4 is 5.69 Å².